The summed E-state index contributed by atoms with van der Waals surface area (Å²) in [5.41, 5.74) is 0.164. The van der Waals surface area contributed by atoms with Gasteiger partial charge in [-0.25, -0.2) is 4.39 Å². The summed E-state index contributed by atoms with van der Waals surface area (Å²) in [5, 5.41) is 8.77. The summed E-state index contributed by atoms with van der Waals surface area (Å²) < 4.78 is 32.7. The summed E-state index contributed by atoms with van der Waals surface area (Å²) >= 11 is 5.96. The maximum atomic E-state index is 14.9. The number of carbonyl (C=O) groups excluding carboxylic acids is 4. The first-order chi connectivity index (χ1) is 24.7. The van der Waals surface area contributed by atoms with Crippen molar-refractivity contribution in [2.45, 2.75) is 78.0 Å². The van der Waals surface area contributed by atoms with Crippen molar-refractivity contribution in [1.82, 2.24) is 20.9 Å². The molecule has 0 saturated carbocycles. The molecule has 0 aliphatic carbocycles. The van der Waals surface area contributed by atoms with Gasteiger partial charge in [-0.2, -0.15) is 0 Å². The number of ether oxygens (including phenoxy) is 3. The van der Waals surface area contributed by atoms with E-state index >= 15 is 0 Å². The van der Waals surface area contributed by atoms with Gasteiger partial charge in [0.15, 0.2) is 17.3 Å². The van der Waals surface area contributed by atoms with Crippen LogP contribution in [0.4, 0.5) is 4.39 Å². The summed E-state index contributed by atoms with van der Waals surface area (Å²) in [5.74, 6) is -1.90. The molecule has 0 radical (unpaired) electrons. The molecule has 13 heteroatoms. The van der Waals surface area contributed by atoms with Gasteiger partial charge in [-0.05, 0) is 80.1 Å². The molecule has 4 rings (SSSR count). The predicted molar refractivity (Wildman–Crippen MR) is 196 cm³/mol. The van der Waals surface area contributed by atoms with Crippen LogP contribution in [-0.2, 0) is 14.4 Å². The van der Waals surface area contributed by atoms with Crippen LogP contribution in [0.3, 0.4) is 0 Å². The first-order valence-corrected chi connectivity index (χ1v) is 17.8. The number of fused-ring (bicyclic) bond motifs is 1. The van der Waals surface area contributed by atoms with Crippen LogP contribution in [0, 0.1) is 17.7 Å². The molecular weight excluding hydrogens is 691 g/mol. The largest absolute Gasteiger partial charge is 0.491 e. The van der Waals surface area contributed by atoms with Gasteiger partial charge in [0, 0.05) is 12.1 Å². The van der Waals surface area contributed by atoms with E-state index in [0.717, 1.165) is 0 Å². The lowest BCUT2D eigenvalue weighted by atomic mass is 9.99. The first-order valence-electron chi connectivity index (χ1n) is 17.5. The maximum absolute atomic E-state index is 14.9. The van der Waals surface area contributed by atoms with Crippen molar-refractivity contribution in [2.24, 2.45) is 11.8 Å². The van der Waals surface area contributed by atoms with E-state index in [4.69, 9.17) is 25.8 Å². The molecule has 0 unspecified atom stereocenters. The number of likely N-dealkylation sites (N-methyl/N-ethyl adjacent to an activating group) is 1. The smallest absolute Gasteiger partial charge is 0.255 e. The van der Waals surface area contributed by atoms with Crippen molar-refractivity contribution >= 4 is 35.2 Å². The fourth-order valence-corrected chi connectivity index (χ4v) is 5.91. The molecule has 3 aromatic carbocycles. The van der Waals surface area contributed by atoms with Gasteiger partial charge in [-0.3, -0.25) is 19.2 Å². The Balaban J connectivity index is 1.55. The third-order valence-electron chi connectivity index (χ3n) is 8.39. The van der Waals surface area contributed by atoms with Crippen LogP contribution >= 0.6 is 11.6 Å². The molecule has 3 aromatic rings. The quantitative estimate of drug-likeness (QED) is 0.215. The molecule has 3 N–H and O–H groups in total. The van der Waals surface area contributed by atoms with Crippen molar-refractivity contribution < 1.29 is 37.8 Å². The minimum absolute atomic E-state index is 0.0689. The van der Waals surface area contributed by atoms with Gasteiger partial charge in [-0.1, -0.05) is 57.5 Å². The van der Waals surface area contributed by atoms with E-state index in [1.807, 2.05) is 27.7 Å². The van der Waals surface area contributed by atoms with Crippen LogP contribution in [0.1, 0.15) is 64.2 Å². The molecule has 0 fully saturated rings. The molecule has 0 spiro atoms. The lowest BCUT2D eigenvalue weighted by Crippen LogP contribution is -2.55. The minimum atomic E-state index is -1.34. The highest BCUT2D eigenvalue weighted by molar-refractivity contribution is 6.30. The lowest BCUT2D eigenvalue weighted by molar-refractivity contribution is -0.138. The number of carbonyl (C=O) groups is 4. The van der Waals surface area contributed by atoms with Gasteiger partial charge in [-0.15, -0.1) is 0 Å². The molecule has 4 atom stereocenters. The van der Waals surface area contributed by atoms with E-state index in [9.17, 15) is 23.6 Å². The number of amides is 4. The molecule has 280 valence electrons. The van der Waals surface area contributed by atoms with Crippen LogP contribution in [-0.4, -0.2) is 73.0 Å². The van der Waals surface area contributed by atoms with E-state index in [0.29, 0.717) is 23.6 Å². The standard InChI is InChI=1S/C39H48ClFN4O7/c1-23(2)18-27-22-50-33-12-8-7-10-29(33)37(47)44-31(20-35(46)43-32(19-24(3)4)39(49)45(27)6)38(48)42-25(5)21-51-36-30(41)11-9-13-34(36)52-28-16-14-26(40)15-17-28/h7-17,23-25,27,31-32H,18-22H2,1-6H3,(H,42,48)(H,43,46)(H,44,47)/t25-,27-,31+,32+/m1/s1. The van der Waals surface area contributed by atoms with Crippen molar-refractivity contribution in [1.29, 1.82) is 0 Å². The Kier molecular flexibility index (Phi) is 14.3. The highest BCUT2D eigenvalue weighted by Gasteiger charge is 2.33. The molecule has 1 heterocycles. The molecular formula is C39H48ClFN4O7. The number of hydrogen-bond donors (Lipinski definition) is 3. The fraction of sp³-hybridized carbons (Fsp3) is 0.436. The second-order valence-corrected chi connectivity index (χ2v) is 14.3. The van der Waals surface area contributed by atoms with Gasteiger partial charge < -0.3 is 35.1 Å². The Morgan fingerprint density at radius 2 is 1.65 bits per heavy atom. The van der Waals surface area contributed by atoms with Crippen molar-refractivity contribution in [3.05, 3.63) is 83.1 Å². The third kappa shape index (κ3) is 11.3. The Hall–Kier alpha value is -4.84. The van der Waals surface area contributed by atoms with E-state index < -0.39 is 48.1 Å². The Bertz CT molecular complexity index is 1700. The van der Waals surface area contributed by atoms with Gasteiger partial charge in [0.2, 0.25) is 17.7 Å². The number of nitrogens with zero attached hydrogens (tertiary/aromatic N) is 1. The predicted octanol–water partition coefficient (Wildman–Crippen LogP) is 6.14. The molecule has 11 nitrogen and oxygen atoms in total. The minimum Gasteiger partial charge on any atom is -0.491 e. The summed E-state index contributed by atoms with van der Waals surface area (Å²) in [6, 6.07) is 14.1. The monoisotopic (exact) mass is 738 g/mol. The molecule has 52 heavy (non-hydrogen) atoms. The fourth-order valence-electron chi connectivity index (χ4n) is 5.78. The normalized spacial score (nSPS) is 19.2. The highest BCUT2D eigenvalue weighted by atomic mass is 35.5. The zero-order valence-corrected chi connectivity index (χ0v) is 31.2. The lowest BCUT2D eigenvalue weighted by Gasteiger charge is -2.33. The van der Waals surface area contributed by atoms with Crippen molar-refractivity contribution in [3.63, 3.8) is 0 Å². The summed E-state index contributed by atoms with van der Waals surface area (Å²) in [4.78, 5) is 56.4. The van der Waals surface area contributed by atoms with Crippen LogP contribution in [0.5, 0.6) is 23.0 Å². The van der Waals surface area contributed by atoms with E-state index in [-0.39, 0.29) is 59.8 Å². The van der Waals surface area contributed by atoms with Crippen LogP contribution in [0.2, 0.25) is 5.02 Å². The molecule has 0 bridgehead atoms. The Labute approximate surface area is 309 Å². The highest BCUT2D eigenvalue weighted by Crippen LogP contribution is 2.34. The second kappa shape index (κ2) is 18.6. The van der Waals surface area contributed by atoms with Crippen molar-refractivity contribution in [2.75, 3.05) is 20.3 Å². The zero-order chi connectivity index (χ0) is 37.9. The summed E-state index contributed by atoms with van der Waals surface area (Å²) in [7, 11) is 1.69. The van der Waals surface area contributed by atoms with Gasteiger partial charge >= 0.3 is 0 Å². The van der Waals surface area contributed by atoms with E-state index in [1.165, 1.54) is 12.1 Å². The number of hydrogen-bond acceptors (Lipinski definition) is 7. The zero-order valence-electron chi connectivity index (χ0n) is 30.4. The third-order valence-corrected chi connectivity index (χ3v) is 8.64. The molecule has 4 amide bonds. The van der Waals surface area contributed by atoms with Gasteiger partial charge in [0.1, 0.15) is 36.8 Å². The number of nitrogens with one attached hydrogen (secondary N) is 3. The molecule has 1 aliphatic rings. The number of rotatable bonds is 11. The van der Waals surface area contributed by atoms with Crippen LogP contribution < -0.4 is 30.2 Å². The number of para-hydroxylation sites is 2. The van der Waals surface area contributed by atoms with Crippen molar-refractivity contribution in [3.8, 4) is 23.0 Å². The molecule has 1 aliphatic heterocycles. The number of halogens is 2. The topological polar surface area (TPSA) is 135 Å². The van der Waals surface area contributed by atoms with E-state index in [1.54, 1.807) is 73.5 Å². The molecule has 0 saturated heterocycles. The van der Waals surface area contributed by atoms with E-state index in [2.05, 4.69) is 16.0 Å². The maximum Gasteiger partial charge on any atom is 0.255 e. The SMILES string of the molecule is CC(C)C[C@@H]1COc2ccccc2C(=O)N[C@H](C(=O)N[C@H](C)COc2c(F)cccc2Oc2ccc(Cl)cc2)CC(=O)N[C@@H](CC(C)C)C(=O)N1C. The summed E-state index contributed by atoms with van der Waals surface area (Å²) in [6.07, 6.45) is 0.544. The molecule has 0 aromatic heterocycles. The van der Waals surface area contributed by atoms with Crippen LogP contribution in [0.25, 0.3) is 0 Å². The second-order valence-electron chi connectivity index (χ2n) is 13.9. The number of benzene rings is 3. The van der Waals surface area contributed by atoms with Gasteiger partial charge in [0.05, 0.1) is 24.1 Å². The first kappa shape index (κ1) is 39.9. The average molecular weight is 739 g/mol. The average Bonchev–Trinajstić information content (AvgIpc) is 3.09. The Morgan fingerprint density at radius 3 is 2.35 bits per heavy atom. The van der Waals surface area contributed by atoms with Crippen LogP contribution in [0.15, 0.2) is 66.7 Å². The summed E-state index contributed by atoms with van der Waals surface area (Å²) in [6.45, 7) is 9.56. The Morgan fingerprint density at radius 1 is 0.962 bits per heavy atom. The van der Waals surface area contributed by atoms with Gasteiger partial charge in [0.25, 0.3) is 5.91 Å².